The molecule has 1 aromatic rings. The van der Waals surface area contributed by atoms with E-state index in [1.807, 2.05) is 13.8 Å². The molecule has 0 spiro atoms. The summed E-state index contributed by atoms with van der Waals surface area (Å²) in [4.78, 5) is 26.1. The van der Waals surface area contributed by atoms with Crippen molar-refractivity contribution in [3.05, 3.63) is 35.9 Å². The van der Waals surface area contributed by atoms with Crippen LogP contribution in [0.15, 0.2) is 30.4 Å². The summed E-state index contributed by atoms with van der Waals surface area (Å²) < 4.78 is 10.5. The second-order valence-corrected chi connectivity index (χ2v) is 8.80. The van der Waals surface area contributed by atoms with Gasteiger partial charge in [0.15, 0.2) is 17.3 Å². The van der Waals surface area contributed by atoms with E-state index in [4.69, 9.17) is 9.47 Å². The van der Waals surface area contributed by atoms with Crippen molar-refractivity contribution in [3.63, 3.8) is 0 Å². The summed E-state index contributed by atoms with van der Waals surface area (Å²) in [6, 6.07) is 5.20. The molecule has 1 aromatic carbocycles. The third-order valence-corrected chi connectivity index (χ3v) is 6.29. The van der Waals surface area contributed by atoms with E-state index in [0.717, 1.165) is 24.8 Å². The normalized spacial score (nSPS) is 20.9. The number of carbonyl (C=O) groups excluding carboxylic acids is 2. The van der Waals surface area contributed by atoms with Gasteiger partial charge in [-0.2, -0.15) is 0 Å². The zero-order chi connectivity index (χ0) is 21.1. The summed E-state index contributed by atoms with van der Waals surface area (Å²) in [6.07, 6.45) is 3.46. The van der Waals surface area contributed by atoms with Gasteiger partial charge in [-0.3, -0.25) is 9.59 Å². The molecule has 0 N–H and O–H groups in total. The zero-order valence-electron chi connectivity index (χ0n) is 18.1. The average molecular weight is 387 g/mol. The molecule has 0 aromatic heterocycles. The Morgan fingerprint density at radius 2 is 1.82 bits per heavy atom. The molecule has 0 saturated heterocycles. The monoisotopic (exact) mass is 386 g/mol. The number of benzene rings is 1. The zero-order valence-corrected chi connectivity index (χ0v) is 18.1. The van der Waals surface area contributed by atoms with Gasteiger partial charge in [-0.1, -0.05) is 39.8 Å². The Hall–Kier alpha value is -2.10. The van der Waals surface area contributed by atoms with Crippen LogP contribution in [0, 0.1) is 23.2 Å². The summed E-state index contributed by atoms with van der Waals surface area (Å²) in [5, 5.41) is 0. The van der Waals surface area contributed by atoms with Crippen LogP contribution in [-0.2, 0) is 4.79 Å². The van der Waals surface area contributed by atoms with Gasteiger partial charge in [-0.05, 0) is 48.8 Å². The Morgan fingerprint density at radius 3 is 2.39 bits per heavy atom. The first-order valence-electron chi connectivity index (χ1n) is 10.1. The van der Waals surface area contributed by atoms with Gasteiger partial charge in [0.05, 0.1) is 14.2 Å². The van der Waals surface area contributed by atoms with Crippen molar-refractivity contribution in [2.75, 3.05) is 14.2 Å². The largest absolute Gasteiger partial charge is 0.493 e. The molecule has 1 aliphatic carbocycles. The van der Waals surface area contributed by atoms with Gasteiger partial charge in [-0.15, -0.1) is 0 Å². The minimum absolute atomic E-state index is 0.0167. The van der Waals surface area contributed by atoms with Gasteiger partial charge in [0.25, 0.3) is 0 Å². The summed E-state index contributed by atoms with van der Waals surface area (Å²) in [7, 11) is 3.12. The predicted octanol–water partition coefficient (Wildman–Crippen LogP) is 5.50. The van der Waals surface area contributed by atoms with E-state index in [2.05, 4.69) is 20.4 Å². The number of rotatable bonds is 8. The molecule has 4 heteroatoms. The van der Waals surface area contributed by atoms with Crippen LogP contribution >= 0.6 is 0 Å². The molecule has 1 saturated carbocycles. The lowest BCUT2D eigenvalue weighted by Crippen LogP contribution is -2.37. The van der Waals surface area contributed by atoms with Gasteiger partial charge >= 0.3 is 0 Å². The van der Waals surface area contributed by atoms with E-state index in [-0.39, 0.29) is 34.7 Å². The van der Waals surface area contributed by atoms with Crippen molar-refractivity contribution in [1.82, 2.24) is 0 Å². The van der Waals surface area contributed by atoms with Crippen molar-refractivity contribution in [3.8, 4) is 11.5 Å². The van der Waals surface area contributed by atoms with E-state index in [1.165, 1.54) is 0 Å². The van der Waals surface area contributed by atoms with E-state index >= 15 is 0 Å². The van der Waals surface area contributed by atoms with Gasteiger partial charge in [0, 0.05) is 23.8 Å². The highest BCUT2D eigenvalue weighted by Gasteiger charge is 2.40. The Labute approximate surface area is 169 Å². The fourth-order valence-electron chi connectivity index (χ4n) is 4.40. The molecule has 2 rings (SSSR count). The smallest absolute Gasteiger partial charge is 0.166 e. The van der Waals surface area contributed by atoms with Crippen LogP contribution in [0.25, 0.3) is 0 Å². The lowest BCUT2D eigenvalue weighted by Gasteiger charge is -2.39. The standard InChI is InChI=1S/C24H34O4/c1-15-9-8-12-24(4,5)22(15)19(25)13-16(2)17(3)23(26)18-10-11-20(27-6)21(14-18)28-7/h10-11,14,16-17,22H,1,8-9,12-13H2,2-7H3. The average Bonchev–Trinajstić information content (AvgIpc) is 2.65. The maximum atomic E-state index is 13.1. The first-order chi connectivity index (χ1) is 13.1. The molecule has 0 radical (unpaired) electrons. The Bertz CT molecular complexity index is 747. The molecule has 28 heavy (non-hydrogen) atoms. The first kappa shape index (κ1) is 22.2. The van der Waals surface area contributed by atoms with Gasteiger partial charge in [0.1, 0.15) is 5.78 Å². The highest BCUT2D eigenvalue weighted by molar-refractivity contribution is 5.98. The van der Waals surface area contributed by atoms with Crippen LogP contribution in [0.1, 0.15) is 63.7 Å². The van der Waals surface area contributed by atoms with Gasteiger partial charge < -0.3 is 9.47 Å². The number of hydrogen-bond donors (Lipinski definition) is 0. The second kappa shape index (κ2) is 8.93. The van der Waals surface area contributed by atoms with E-state index in [0.29, 0.717) is 23.5 Å². The summed E-state index contributed by atoms with van der Waals surface area (Å²) >= 11 is 0. The number of hydrogen-bond acceptors (Lipinski definition) is 4. The number of allylic oxidation sites excluding steroid dienone is 1. The molecule has 0 aliphatic heterocycles. The van der Waals surface area contributed by atoms with Gasteiger partial charge in [-0.25, -0.2) is 0 Å². The maximum Gasteiger partial charge on any atom is 0.166 e. The topological polar surface area (TPSA) is 52.6 Å². The summed E-state index contributed by atoms with van der Waals surface area (Å²) in [5.41, 5.74) is 1.57. The van der Waals surface area contributed by atoms with Crippen molar-refractivity contribution in [2.24, 2.45) is 23.2 Å². The minimum Gasteiger partial charge on any atom is -0.493 e. The fourth-order valence-corrected chi connectivity index (χ4v) is 4.40. The molecule has 4 nitrogen and oxygen atoms in total. The molecule has 0 amide bonds. The SMILES string of the molecule is C=C1CCCC(C)(C)C1C(=O)CC(C)C(C)C(=O)c1ccc(OC)c(OC)c1. The molecule has 0 bridgehead atoms. The second-order valence-electron chi connectivity index (χ2n) is 8.80. The van der Waals surface area contributed by atoms with E-state index in [1.54, 1.807) is 32.4 Å². The molecular weight excluding hydrogens is 352 g/mol. The van der Waals surface area contributed by atoms with Crippen LogP contribution in [0.2, 0.25) is 0 Å². The number of carbonyl (C=O) groups is 2. The first-order valence-corrected chi connectivity index (χ1v) is 10.1. The molecule has 3 unspecified atom stereocenters. The molecule has 1 aliphatic rings. The number of methoxy groups -OCH3 is 2. The van der Waals surface area contributed by atoms with Crippen molar-refractivity contribution in [2.45, 2.75) is 53.4 Å². The molecule has 1 fully saturated rings. The van der Waals surface area contributed by atoms with Gasteiger partial charge in [0.2, 0.25) is 0 Å². The third-order valence-electron chi connectivity index (χ3n) is 6.29. The molecule has 3 atom stereocenters. The van der Waals surface area contributed by atoms with Crippen LogP contribution < -0.4 is 9.47 Å². The third kappa shape index (κ3) is 4.65. The fraction of sp³-hybridized carbons (Fsp3) is 0.583. The van der Waals surface area contributed by atoms with Crippen molar-refractivity contribution >= 4 is 11.6 Å². The molecule has 0 heterocycles. The number of Topliss-reactive ketones (excluding diaryl/α,β-unsaturated/α-hetero) is 2. The number of ether oxygens (including phenoxy) is 2. The Kier molecular flexibility index (Phi) is 7.08. The maximum absolute atomic E-state index is 13.1. The van der Waals surface area contributed by atoms with Crippen LogP contribution in [0.3, 0.4) is 0 Å². The lowest BCUT2D eigenvalue weighted by molar-refractivity contribution is -0.126. The highest BCUT2D eigenvalue weighted by atomic mass is 16.5. The molecular formula is C24H34O4. The lowest BCUT2D eigenvalue weighted by atomic mass is 9.64. The van der Waals surface area contributed by atoms with Crippen molar-refractivity contribution in [1.29, 1.82) is 0 Å². The minimum atomic E-state index is -0.262. The number of ketones is 2. The highest BCUT2D eigenvalue weighted by Crippen LogP contribution is 2.44. The van der Waals surface area contributed by atoms with Crippen LogP contribution in [0.4, 0.5) is 0 Å². The van der Waals surface area contributed by atoms with Crippen molar-refractivity contribution < 1.29 is 19.1 Å². The summed E-state index contributed by atoms with van der Waals surface area (Å²) in [6.45, 7) is 12.4. The van der Waals surface area contributed by atoms with E-state index < -0.39 is 0 Å². The predicted molar refractivity (Wildman–Crippen MR) is 112 cm³/mol. The quantitative estimate of drug-likeness (QED) is 0.437. The summed E-state index contributed by atoms with van der Waals surface area (Å²) in [5.74, 6) is 0.947. The van der Waals surface area contributed by atoms with Crippen LogP contribution in [-0.4, -0.2) is 25.8 Å². The molecule has 154 valence electrons. The Morgan fingerprint density at radius 1 is 1.18 bits per heavy atom. The Balaban J connectivity index is 2.11. The van der Waals surface area contributed by atoms with E-state index in [9.17, 15) is 9.59 Å². The van der Waals surface area contributed by atoms with Crippen LogP contribution in [0.5, 0.6) is 11.5 Å².